The van der Waals surface area contributed by atoms with Crippen LogP contribution in [0.15, 0.2) is 101 Å². The van der Waals surface area contributed by atoms with Crippen molar-refractivity contribution in [3.63, 3.8) is 0 Å². The van der Waals surface area contributed by atoms with Crippen LogP contribution >= 0.6 is 15.9 Å². The molecule has 0 aliphatic rings. The first kappa shape index (κ1) is 22.8. The van der Waals surface area contributed by atoms with Crippen molar-refractivity contribution >= 4 is 31.6 Å². The Labute approximate surface area is 201 Å². The van der Waals surface area contributed by atoms with Gasteiger partial charge in [0.2, 0.25) is 0 Å². The molecule has 6 nitrogen and oxygen atoms in total. The molecule has 1 aromatic heterocycles. The number of pyridine rings is 1. The molecular formula is C25H21BrN2O4S. The molecule has 1 heterocycles. The van der Waals surface area contributed by atoms with Crippen LogP contribution in [0.1, 0.15) is 5.56 Å². The lowest BCUT2D eigenvalue weighted by Crippen LogP contribution is -2.14. The minimum absolute atomic E-state index is 0.0321. The van der Waals surface area contributed by atoms with Crippen molar-refractivity contribution < 1.29 is 17.9 Å². The Bertz CT molecular complexity index is 1340. The number of hydrogen-bond donors (Lipinski definition) is 1. The minimum atomic E-state index is -3.88. The first-order valence-electron chi connectivity index (χ1n) is 10.0. The van der Waals surface area contributed by atoms with E-state index in [0.717, 1.165) is 22.4 Å². The standard InChI is InChI=1S/C25H21BrN2O4S/c1-31-24-12-9-21(26)14-25(24)33(29,30)28-22-13-20(15-27-16-22)19-7-10-23(11-8-19)32-17-18-5-3-2-4-6-18/h2-16,28H,17H2,1H3. The fourth-order valence-electron chi connectivity index (χ4n) is 3.21. The number of nitrogens with zero attached hydrogens (tertiary/aromatic N) is 1. The molecule has 0 unspecified atom stereocenters. The van der Waals surface area contributed by atoms with E-state index in [4.69, 9.17) is 9.47 Å². The maximum atomic E-state index is 13.0. The Morgan fingerprint density at radius 1 is 0.909 bits per heavy atom. The summed E-state index contributed by atoms with van der Waals surface area (Å²) in [5, 5.41) is 0. The molecule has 0 aliphatic carbocycles. The van der Waals surface area contributed by atoms with E-state index in [1.165, 1.54) is 19.4 Å². The average molecular weight is 525 g/mol. The molecule has 0 atom stereocenters. The van der Waals surface area contributed by atoms with Crippen LogP contribution in [0.2, 0.25) is 0 Å². The number of rotatable bonds is 8. The average Bonchev–Trinajstić information content (AvgIpc) is 2.83. The second-order valence-electron chi connectivity index (χ2n) is 7.16. The van der Waals surface area contributed by atoms with Crippen molar-refractivity contribution in [2.75, 3.05) is 11.8 Å². The summed E-state index contributed by atoms with van der Waals surface area (Å²) >= 11 is 3.31. The van der Waals surface area contributed by atoms with Gasteiger partial charge >= 0.3 is 0 Å². The van der Waals surface area contributed by atoms with E-state index in [1.807, 2.05) is 54.6 Å². The van der Waals surface area contributed by atoms with Crippen LogP contribution in [0.4, 0.5) is 5.69 Å². The summed E-state index contributed by atoms with van der Waals surface area (Å²) in [4.78, 5) is 4.23. The number of aromatic nitrogens is 1. The molecule has 8 heteroatoms. The largest absolute Gasteiger partial charge is 0.495 e. The molecule has 0 radical (unpaired) electrons. The molecule has 1 N–H and O–H groups in total. The fraction of sp³-hybridized carbons (Fsp3) is 0.0800. The molecule has 0 spiro atoms. The van der Waals surface area contributed by atoms with Gasteiger partial charge in [0.05, 0.1) is 19.0 Å². The quantitative estimate of drug-likeness (QED) is 0.310. The van der Waals surface area contributed by atoms with Crippen LogP contribution in [-0.2, 0) is 16.6 Å². The molecule has 168 valence electrons. The SMILES string of the molecule is COc1ccc(Br)cc1S(=O)(=O)Nc1cncc(-c2ccc(OCc3ccccc3)cc2)c1. The Balaban J connectivity index is 1.50. The van der Waals surface area contributed by atoms with Gasteiger partial charge in [0.1, 0.15) is 23.0 Å². The zero-order valence-electron chi connectivity index (χ0n) is 17.7. The van der Waals surface area contributed by atoms with Gasteiger partial charge in [-0.3, -0.25) is 9.71 Å². The van der Waals surface area contributed by atoms with Gasteiger partial charge < -0.3 is 9.47 Å². The van der Waals surface area contributed by atoms with Crippen LogP contribution in [0, 0.1) is 0 Å². The number of benzene rings is 3. The van der Waals surface area contributed by atoms with E-state index in [2.05, 4.69) is 25.6 Å². The number of hydrogen-bond acceptors (Lipinski definition) is 5. The summed E-state index contributed by atoms with van der Waals surface area (Å²) in [6.07, 6.45) is 3.14. The highest BCUT2D eigenvalue weighted by atomic mass is 79.9. The van der Waals surface area contributed by atoms with Crippen molar-refractivity contribution in [1.82, 2.24) is 4.98 Å². The zero-order valence-corrected chi connectivity index (χ0v) is 20.1. The Hall–Kier alpha value is -3.36. The molecule has 4 rings (SSSR count). The molecule has 0 aliphatic heterocycles. The summed E-state index contributed by atoms with van der Waals surface area (Å²) in [7, 11) is -2.45. The maximum Gasteiger partial charge on any atom is 0.265 e. The first-order chi connectivity index (χ1) is 15.9. The van der Waals surface area contributed by atoms with Crippen molar-refractivity contribution in [1.29, 1.82) is 0 Å². The van der Waals surface area contributed by atoms with Crippen molar-refractivity contribution in [2.45, 2.75) is 11.5 Å². The third kappa shape index (κ3) is 5.71. The number of ether oxygens (including phenoxy) is 2. The van der Waals surface area contributed by atoms with Crippen LogP contribution in [-0.4, -0.2) is 20.5 Å². The molecule has 4 aromatic rings. The maximum absolute atomic E-state index is 13.0. The fourth-order valence-corrected chi connectivity index (χ4v) is 4.95. The molecular weight excluding hydrogens is 504 g/mol. The molecule has 0 saturated carbocycles. The topological polar surface area (TPSA) is 77.5 Å². The molecule has 0 amide bonds. The Morgan fingerprint density at radius 2 is 1.67 bits per heavy atom. The van der Waals surface area contributed by atoms with Gasteiger partial charge in [-0.1, -0.05) is 58.4 Å². The number of methoxy groups -OCH3 is 1. The third-order valence-corrected chi connectivity index (χ3v) is 6.74. The van der Waals surface area contributed by atoms with Gasteiger partial charge in [0.25, 0.3) is 10.0 Å². The number of sulfonamides is 1. The van der Waals surface area contributed by atoms with Crippen LogP contribution < -0.4 is 14.2 Å². The van der Waals surface area contributed by atoms with Crippen LogP contribution in [0.25, 0.3) is 11.1 Å². The molecule has 3 aromatic carbocycles. The Kier molecular flexibility index (Phi) is 6.96. The number of halogens is 1. The van der Waals surface area contributed by atoms with Gasteiger partial charge in [0.15, 0.2) is 0 Å². The van der Waals surface area contributed by atoms with Crippen molar-refractivity contribution in [3.05, 3.63) is 101 Å². The molecule has 33 heavy (non-hydrogen) atoms. The summed E-state index contributed by atoms with van der Waals surface area (Å²) in [6.45, 7) is 0.484. The van der Waals surface area contributed by atoms with E-state index in [-0.39, 0.29) is 10.6 Å². The highest BCUT2D eigenvalue weighted by Gasteiger charge is 2.20. The van der Waals surface area contributed by atoms with Gasteiger partial charge in [-0.05, 0) is 47.5 Å². The van der Waals surface area contributed by atoms with E-state index in [1.54, 1.807) is 24.4 Å². The second-order valence-corrected chi connectivity index (χ2v) is 9.73. The van der Waals surface area contributed by atoms with E-state index >= 15 is 0 Å². The van der Waals surface area contributed by atoms with E-state index in [9.17, 15) is 8.42 Å². The van der Waals surface area contributed by atoms with Crippen LogP contribution in [0.3, 0.4) is 0 Å². The predicted octanol–water partition coefficient (Wildman–Crippen LogP) is 5.90. The number of nitrogens with one attached hydrogen (secondary N) is 1. The van der Waals surface area contributed by atoms with Crippen LogP contribution in [0.5, 0.6) is 11.5 Å². The highest BCUT2D eigenvalue weighted by molar-refractivity contribution is 9.10. The molecule has 0 fully saturated rings. The normalized spacial score (nSPS) is 11.1. The van der Waals surface area contributed by atoms with Crippen molar-refractivity contribution in [3.8, 4) is 22.6 Å². The minimum Gasteiger partial charge on any atom is -0.495 e. The van der Waals surface area contributed by atoms with Gasteiger partial charge in [0, 0.05) is 16.2 Å². The molecule has 0 bridgehead atoms. The van der Waals surface area contributed by atoms with Gasteiger partial charge in [-0.15, -0.1) is 0 Å². The van der Waals surface area contributed by atoms with Crippen molar-refractivity contribution in [2.24, 2.45) is 0 Å². The van der Waals surface area contributed by atoms with Gasteiger partial charge in [-0.25, -0.2) is 8.42 Å². The highest BCUT2D eigenvalue weighted by Crippen LogP contribution is 2.30. The lowest BCUT2D eigenvalue weighted by molar-refractivity contribution is 0.306. The predicted molar refractivity (Wildman–Crippen MR) is 132 cm³/mol. The number of anilines is 1. The second kappa shape index (κ2) is 10.1. The lowest BCUT2D eigenvalue weighted by atomic mass is 10.1. The Morgan fingerprint density at radius 3 is 2.39 bits per heavy atom. The smallest absolute Gasteiger partial charge is 0.265 e. The first-order valence-corrected chi connectivity index (χ1v) is 12.3. The summed E-state index contributed by atoms with van der Waals surface area (Å²) in [5.74, 6) is 0.995. The summed E-state index contributed by atoms with van der Waals surface area (Å²) in [6, 6.07) is 24.0. The van der Waals surface area contributed by atoms with Gasteiger partial charge in [-0.2, -0.15) is 0 Å². The molecule has 0 saturated heterocycles. The third-order valence-electron chi connectivity index (χ3n) is 4.84. The lowest BCUT2D eigenvalue weighted by Gasteiger charge is -2.13. The monoisotopic (exact) mass is 524 g/mol. The van der Waals surface area contributed by atoms with E-state index < -0.39 is 10.0 Å². The van der Waals surface area contributed by atoms with E-state index in [0.29, 0.717) is 16.8 Å². The zero-order chi connectivity index (χ0) is 23.3. The summed E-state index contributed by atoms with van der Waals surface area (Å²) < 4.78 is 40.2. The summed E-state index contributed by atoms with van der Waals surface area (Å²) in [5.41, 5.74) is 3.09.